The number of anilines is 1. The molecule has 0 unspecified atom stereocenters. The zero-order valence-corrected chi connectivity index (χ0v) is 19.8. The first-order chi connectivity index (χ1) is 15.5. The van der Waals surface area contributed by atoms with Crippen molar-refractivity contribution in [2.24, 2.45) is 0 Å². The number of rotatable bonds is 5. The maximum absolute atomic E-state index is 13.2. The first-order valence-corrected chi connectivity index (χ1v) is 11.9. The molecular weight excluding hydrogens is 449 g/mol. The van der Waals surface area contributed by atoms with Crippen LogP contribution >= 0.6 is 23.2 Å². The lowest BCUT2D eigenvalue weighted by molar-refractivity contribution is 0.0603. The van der Waals surface area contributed by atoms with E-state index in [0.717, 1.165) is 69.8 Å². The van der Waals surface area contributed by atoms with Gasteiger partial charge in [0.1, 0.15) is 17.8 Å². The Bertz CT molecular complexity index is 942. The van der Waals surface area contributed by atoms with E-state index < -0.39 is 0 Å². The Kier molecular flexibility index (Phi) is 7.84. The standard InChI is InChI=1S/C23H29Cl2N5O2/c1-16-21(27-15-28-22(16)26-14-17-3-4-19(24)20(25)13-17)23(31)30-8-5-18(6-9-30)29-7-2-11-32-12-10-29/h3-4,13,15,18H,2,5-12,14H2,1H3,(H,26,27,28). The number of hydrogen-bond donors (Lipinski definition) is 1. The highest BCUT2D eigenvalue weighted by Crippen LogP contribution is 2.24. The monoisotopic (exact) mass is 477 g/mol. The summed E-state index contributed by atoms with van der Waals surface area (Å²) in [6.07, 6.45) is 4.50. The lowest BCUT2D eigenvalue weighted by Gasteiger charge is -2.38. The van der Waals surface area contributed by atoms with Crippen LogP contribution < -0.4 is 5.32 Å². The summed E-state index contributed by atoms with van der Waals surface area (Å²) in [4.78, 5) is 26.3. The fraction of sp³-hybridized carbons (Fsp3) is 0.522. The van der Waals surface area contributed by atoms with E-state index in [1.54, 1.807) is 6.07 Å². The van der Waals surface area contributed by atoms with Crippen molar-refractivity contribution in [2.75, 3.05) is 44.7 Å². The number of carbonyl (C=O) groups is 1. The first kappa shape index (κ1) is 23.2. The highest BCUT2D eigenvalue weighted by Gasteiger charge is 2.29. The summed E-state index contributed by atoms with van der Waals surface area (Å²) in [6.45, 7) is 7.61. The fourth-order valence-electron chi connectivity index (χ4n) is 4.39. The van der Waals surface area contributed by atoms with E-state index in [1.165, 1.54) is 6.33 Å². The molecule has 2 aliphatic rings. The molecule has 1 N–H and O–H groups in total. The predicted molar refractivity (Wildman–Crippen MR) is 126 cm³/mol. The van der Waals surface area contributed by atoms with Crippen LogP contribution in [0.5, 0.6) is 0 Å². The van der Waals surface area contributed by atoms with Gasteiger partial charge in [-0.3, -0.25) is 9.69 Å². The summed E-state index contributed by atoms with van der Waals surface area (Å²) in [7, 11) is 0. The molecular formula is C23H29Cl2N5O2. The van der Waals surface area contributed by atoms with Gasteiger partial charge in [-0.25, -0.2) is 9.97 Å². The Morgan fingerprint density at radius 3 is 2.72 bits per heavy atom. The highest BCUT2D eigenvalue weighted by molar-refractivity contribution is 6.42. The van der Waals surface area contributed by atoms with Crippen LogP contribution in [0.15, 0.2) is 24.5 Å². The molecule has 1 aromatic carbocycles. The molecule has 4 rings (SSSR count). The van der Waals surface area contributed by atoms with Gasteiger partial charge >= 0.3 is 0 Å². The Hall–Kier alpha value is -1.93. The Morgan fingerprint density at radius 2 is 1.94 bits per heavy atom. The number of nitrogens with one attached hydrogen (secondary N) is 1. The largest absolute Gasteiger partial charge is 0.380 e. The molecule has 0 aliphatic carbocycles. The first-order valence-electron chi connectivity index (χ1n) is 11.1. The van der Waals surface area contributed by atoms with E-state index in [2.05, 4.69) is 20.2 Å². The molecule has 2 aromatic rings. The highest BCUT2D eigenvalue weighted by atomic mass is 35.5. The van der Waals surface area contributed by atoms with Crippen molar-refractivity contribution in [1.29, 1.82) is 0 Å². The van der Waals surface area contributed by atoms with Crippen LogP contribution in [0, 0.1) is 6.92 Å². The Morgan fingerprint density at radius 1 is 1.12 bits per heavy atom. The van der Waals surface area contributed by atoms with Crippen molar-refractivity contribution < 1.29 is 9.53 Å². The second kappa shape index (κ2) is 10.8. The van der Waals surface area contributed by atoms with Gasteiger partial charge in [0.25, 0.3) is 5.91 Å². The average molecular weight is 478 g/mol. The summed E-state index contributed by atoms with van der Waals surface area (Å²) in [5, 5.41) is 4.32. The topological polar surface area (TPSA) is 70.6 Å². The van der Waals surface area contributed by atoms with E-state index >= 15 is 0 Å². The number of ether oxygens (including phenoxy) is 1. The molecule has 172 valence electrons. The molecule has 32 heavy (non-hydrogen) atoms. The van der Waals surface area contributed by atoms with Crippen LogP contribution in [-0.4, -0.2) is 71.1 Å². The lowest BCUT2D eigenvalue weighted by Crippen LogP contribution is -2.47. The van der Waals surface area contributed by atoms with E-state index in [0.29, 0.717) is 34.1 Å². The SMILES string of the molecule is Cc1c(NCc2ccc(Cl)c(Cl)c2)ncnc1C(=O)N1CCC(N2CCCOCC2)CC1. The Balaban J connectivity index is 1.37. The van der Waals surface area contributed by atoms with Crippen molar-refractivity contribution in [3.63, 3.8) is 0 Å². The van der Waals surface area contributed by atoms with Gasteiger partial charge in [-0.05, 0) is 43.9 Å². The number of benzene rings is 1. The van der Waals surface area contributed by atoms with Crippen molar-refractivity contribution in [3.8, 4) is 0 Å². The number of nitrogens with zero attached hydrogens (tertiary/aromatic N) is 4. The lowest BCUT2D eigenvalue weighted by atomic mass is 10.0. The number of piperidine rings is 1. The number of halogens is 2. The van der Waals surface area contributed by atoms with Crippen LogP contribution in [0.25, 0.3) is 0 Å². The van der Waals surface area contributed by atoms with Crippen molar-refractivity contribution in [3.05, 3.63) is 51.4 Å². The van der Waals surface area contributed by atoms with E-state index in [-0.39, 0.29) is 5.91 Å². The quantitative estimate of drug-likeness (QED) is 0.700. The zero-order valence-electron chi connectivity index (χ0n) is 18.3. The molecule has 1 aromatic heterocycles. The third kappa shape index (κ3) is 5.52. The van der Waals surface area contributed by atoms with Crippen molar-refractivity contribution in [2.45, 2.75) is 38.8 Å². The van der Waals surface area contributed by atoms with Gasteiger partial charge in [0.15, 0.2) is 0 Å². The second-order valence-corrected chi connectivity index (χ2v) is 9.14. The van der Waals surface area contributed by atoms with Crippen LogP contribution in [0.2, 0.25) is 10.0 Å². The molecule has 3 heterocycles. The fourth-order valence-corrected chi connectivity index (χ4v) is 4.71. The summed E-state index contributed by atoms with van der Waals surface area (Å²) in [6, 6.07) is 6.02. The van der Waals surface area contributed by atoms with Crippen LogP contribution in [0.3, 0.4) is 0 Å². The van der Waals surface area contributed by atoms with Gasteiger partial charge in [-0.1, -0.05) is 29.3 Å². The van der Waals surface area contributed by atoms with Gasteiger partial charge in [-0.15, -0.1) is 0 Å². The molecule has 0 saturated carbocycles. The third-order valence-corrected chi connectivity index (χ3v) is 6.99. The smallest absolute Gasteiger partial charge is 0.272 e. The van der Waals surface area contributed by atoms with Crippen LogP contribution in [0.1, 0.15) is 40.9 Å². The number of carbonyl (C=O) groups excluding carboxylic acids is 1. The number of hydrogen-bond acceptors (Lipinski definition) is 6. The molecule has 9 heteroatoms. The van der Waals surface area contributed by atoms with Gasteiger partial charge in [0.2, 0.25) is 0 Å². The minimum Gasteiger partial charge on any atom is -0.380 e. The van der Waals surface area contributed by atoms with E-state index in [1.807, 2.05) is 24.0 Å². The molecule has 2 aliphatic heterocycles. The number of aromatic nitrogens is 2. The molecule has 2 saturated heterocycles. The van der Waals surface area contributed by atoms with Crippen LogP contribution in [-0.2, 0) is 11.3 Å². The van der Waals surface area contributed by atoms with Gasteiger partial charge in [0.05, 0.1) is 16.7 Å². The maximum atomic E-state index is 13.2. The van der Waals surface area contributed by atoms with E-state index in [9.17, 15) is 4.79 Å². The molecule has 0 radical (unpaired) electrons. The van der Waals surface area contributed by atoms with E-state index in [4.69, 9.17) is 27.9 Å². The average Bonchev–Trinajstić information content (AvgIpc) is 3.10. The molecule has 7 nitrogen and oxygen atoms in total. The van der Waals surface area contributed by atoms with Gasteiger partial charge < -0.3 is 15.0 Å². The second-order valence-electron chi connectivity index (χ2n) is 8.32. The summed E-state index contributed by atoms with van der Waals surface area (Å²) < 4.78 is 5.58. The minimum atomic E-state index is -0.0277. The molecule has 1 amide bonds. The number of amides is 1. The molecule has 0 bridgehead atoms. The van der Waals surface area contributed by atoms with Crippen molar-refractivity contribution >= 4 is 34.9 Å². The molecule has 0 atom stereocenters. The summed E-state index contributed by atoms with van der Waals surface area (Å²) in [5.41, 5.74) is 2.19. The Labute approximate surface area is 199 Å². The van der Waals surface area contributed by atoms with Crippen molar-refractivity contribution in [1.82, 2.24) is 19.8 Å². The maximum Gasteiger partial charge on any atom is 0.272 e. The summed E-state index contributed by atoms with van der Waals surface area (Å²) in [5.74, 6) is 0.619. The molecule has 0 spiro atoms. The van der Waals surface area contributed by atoms with Gasteiger partial charge in [-0.2, -0.15) is 0 Å². The van der Waals surface area contributed by atoms with Gasteiger partial charge in [0, 0.05) is 50.9 Å². The number of likely N-dealkylation sites (tertiary alicyclic amines) is 1. The predicted octanol–water partition coefficient (Wildman–Crippen LogP) is 4.03. The zero-order chi connectivity index (χ0) is 22.5. The minimum absolute atomic E-state index is 0.0277. The summed E-state index contributed by atoms with van der Waals surface area (Å²) >= 11 is 12.1. The molecule has 2 fully saturated rings. The normalized spacial score (nSPS) is 18.4. The third-order valence-electron chi connectivity index (χ3n) is 6.26. The van der Waals surface area contributed by atoms with Crippen LogP contribution in [0.4, 0.5) is 5.82 Å².